The Morgan fingerprint density at radius 2 is 2.04 bits per heavy atom. The van der Waals surface area contributed by atoms with Gasteiger partial charge in [0.1, 0.15) is 0 Å². The van der Waals surface area contributed by atoms with E-state index in [1.54, 1.807) is 0 Å². The Kier molecular flexibility index (Phi) is 6.00. The van der Waals surface area contributed by atoms with Crippen LogP contribution in [0.4, 0.5) is 5.69 Å². The standard InChI is InChI=1S/C21H32N2O2/c1-3-19(24)13-23(18-7-5-4-6-8-18)14-21(25)22-15(2)20-12-16-9-10-17(20)11-16/h4-8,15-17,19-20,24H,3,9-14H2,1-2H3,(H,22,25). The molecule has 2 aliphatic rings. The topological polar surface area (TPSA) is 52.6 Å². The number of hydrogen-bond donors (Lipinski definition) is 2. The zero-order chi connectivity index (χ0) is 17.8. The summed E-state index contributed by atoms with van der Waals surface area (Å²) in [7, 11) is 0. The van der Waals surface area contributed by atoms with Crippen molar-refractivity contribution in [1.82, 2.24) is 5.32 Å². The Morgan fingerprint density at radius 1 is 1.28 bits per heavy atom. The van der Waals surface area contributed by atoms with Crippen molar-refractivity contribution >= 4 is 11.6 Å². The molecular weight excluding hydrogens is 312 g/mol. The maximum absolute atomic E-state index is 12.6. The molecule has 1 aromatic rings. The zero-order valence-electron chi connectivity index (χ0n) is 15.5. The lowest BCUT2D eigenvalue weighted by Crippen LogP contribution is -2.46. The van der Waals surface area contributed by atoms with Gasteiger partial charge in [0.05, 0.1) is 12.6 Å². The number of carbonyl (C=O) groups is 1. The van der Waals surface area contributed by atoms with Crippen LogP contribution in [0.25, 0.3) is 0 Å². The van der Waals surface area contributed by atoms with Crippen LogP contribution >= 0.6 is 0 Å². The summed E-state index contributed by atoms with van der Waals surface area (Å²) in [5.74, 6) is 2.42. The molecule has 5 atom stereocenters. The number of carbonyl (C=O) groups excluding carboxylic acids is 1. The Morgan fingerprint density at radius 3 is 2.64 bits per heavy atom. The van der Waals surface area contributed by atoms with Gasteiger partial charge in [-0.1, -0.05) is 31.5 Å². The highest BCUT2D eigenvalue weighted by Crippen LogP contribution is 2.49. The molecule has 0 aromatic heterocycles. The predicted molar refractivity (Wildman–Crippen MR) is 101 cm³/mol. The van der Waals surface area contributed by atoms with Gasteiger partial charge in [-0.2, -0.15) is 0 Å². The summed E-state index contributed by atoms with van der Waals surface area (Å²) in [4.78, 5) is 14.6. The smallest absolute Gasteiger partial charge is 0.239 e. The molecule has 4 heteroatoms. The van der Waals surface area contributed by atoms with Crippen molar-refractivity contribution in [3.63, 3.8) is 0 Å². The fraction of sp³-hybridized carbons (Fsp3) is 0.667. The molecule has 0 heterocycles. The van der Waals surface area contributed by atoms with Gasteiger partial charge in [-0.05, 0) is 62.5 Å². The van der Waals surface area contributed by atoms with Crippen molar-refractivity contribution in [2.45, 2.75) is 58.1 Å². The minimum Gasteiger partial charge on any atom is -0.391 e. The second-order valence-corrected chi connectivity index (χ2v) is 7.97. The molecule has 1 amide bonds. The first kappa shape index (κ1) is 18.2. The van der Waals surface area contributed by atoms with Gasteiger partial charge in [-0.3, -0.25) is 4.79 Å². The summed E-state index contributed by atoms with van der Waals surface area (Å²) in [6.07, 6.45) is 5.64. The second-order valence-electron chi connectivity index (χ2n) is 7.97. The van der Waals surface area contributed by atoms with Gasteiger partial charge in [0.15, 0.2) is 0 Å². The summed E-state index contributed by atoms with van der Waals surface area (Å²) in [6.45, 7) is 4.91. The van der Waals surface area contributed by atoms with Crippen LogP contribution in [0.15, 0.2) is 30.3 Å². The lowest BCUT2D eigenvalue weighted by molar-refractivity contribution is -0.120. The predicted octanol–water partition coefficient (Wildman–Crippen LogP) is 3.20. The van der Waals surface area contributed by atoms with E-state index in [0.717, 1.165) is 17.5 Å². The van der Waals surface area contributed by atoms with Crippen molar-refractivity contribution in [1.29, 1.82) is 0 Å². The van der Waals surface area contributed by atoms with Crippen LogP contribution in [0, 0.1) is 17.8 Å². The average Bonchev–Trinajstić information content (AvgIpc) is 3.25. The monoisotopic (exact) mass is 344 g/mol. The number of anilines is 1. The molecule has 2 saturated carbocycles. The highest BCUT2D eigenvalue weighted by Gasteiger charge is 2.42. The summed E-state index contributed by atoms with van der Waals surface area (Å²) in [6, 6.07) is 10.1. The van der Waals surface area contributed by atoms with Crippen molar-refractivity contribution < 1.29 is 9.90 Å². The first-order valence-electron chi connectivity index (χ1n) is 9.84. The number of aliphatic hydroxyl groups excluding tert-OH is 1. The molecule has 4 nitrogen and oxygen atoms in total. The molecule has 138 valence electrons. The van der Waals surface area contributed by atoms with E-state index in [4.69, 9.17) is 0 Å². The molecule has 2 N–H and O–H groups in total. The molecule has 2 bridgehead atoms. The van der Waals surface area contributed by atoms with Crippen LogP contribution in [0.3, 0.4) is 0 Å². The van der Waals surface area contributed by atoms with E-state index in [2.05, 4.69) is 12.2 Å². The highest BCUT2D eigenvalue weighted by atomic mass is 16.3. The molecule has 25 heavy (non-hydrogen) atoms. The minimum absolute atomic E-state index is 0.0578. The van der Waals surface area contributed by atoms with Crippen molar-refractivity contribution in [3.05, 3.63) is 30.3 Å². The maximum atomic E-state index is 12.6. The van der Waals surface area contributed by atoms with Crippen LogP contribution in [0.2, 0.25) is 0 Å². The molecule has 0 spiro atoms. The molecule has 0 aliphatic heterocycles. The van der Waals surface area contributed by atoms with Crippen LogP contribution in [0.5, 0.6) is 0 Å². The summed E-state index contributed by atoms with van der Waals surface area (Å²) >= 11 is 0. The fourth-order valence-electron chi connectivity index (χ4n) is 4.77. The molecule has 3 rings (SSSR count). The van der Waals surface area contributed by atoms with Gasteiger partial charge in [-0.25, -0.2) is 0 Å². The molecule has 2 aliphatic carbocycles. The van der Waals surface area contributed by atoms with Crippen molar-refractivity contribution in [2.75, 3.05) is 18.0 Å². The van der Waals surface area contributed by atoms with E-state index < -0.39 is 6.10 Å². The first-order chi connectivity index (χ1) is 12.1. The molecule has 5 unspecified atom stereocenters. The van der Waals surface area contributed by atoms with Crippen LogP contribution < -0.4 is 10.2 Å². The van der Waals surface area contributed by atoms with E-state index >= 15 is 0 Å². The fourth-order valence-corrected chi connectivity index (χ4v) is 4.77. The first-order valence-corrected chi connectivity index (χ1v) is 9.84. The molecule has 0 radical (unpaired) electrons. The Hall–Kier alpha value is -1.55. The zero-order valence-corrected chi connectivity index (χ0v) is 15.5. The van der Waals surface area contributed by atoms with E-state index in [1.165, 1.54) is 25.7 Å². The van der Waals surface area contributed by atoms with Crippen LogP contribution in [-0.2, 0) is 4.79 Å². The maximum Gasteiger partial charge on any atom is 0.239 e. The number of para-hydroxylation sites is 1. The van der Waals surface area contributed by atoms with Gasteiger partial charge in [0, 0.05) is 18.3 Å². The molecule has 0 saturated heterocycles. The Balaban J connectivity index is 1.58. The lowest BCUT2D eigenvalue weighted by atomic mass is 9.84. The van der Waals surface area contributed by atoms with Crippen molar-refractivity contribution in [2.24, 2.45) is 17.8 Å². The largest absolute Gasteiger partial charge is 0.391 e. The highest BCUT2D eigenvalue weighted by molar-refractivity contribution is 5.81. The second kappa shape index (κ2) is 8.22. The molecular formula is C21H32N2O2. The molecule has 2 fully saturated rings. The average molecular weight is 344 g/mol. The SMILES string of the molecule is CCC(O)CN(CC(=O)NC(C)C1CC2CCC1C2)c1ccccc1. The van der Waals surface area contributed by atoms with Crippen molar-refractivity contribution in [3.8, 4) is 0 Å². The number of aliphatic hydroxyl groups is 1. The Labute approximate surface area is 151 Å². The number of fused-ring (bicyclic) bond motifs is 2. The third-order valence-electron chi connectivity index (χ3n) is 6.18. The minimum atomic E-state index is -0.420. The van der Waals surface area contributed by atoms with E-state index in [0.29, 0.717) is 25.4 Å². The summed E-state index contributed by atoms with van der Waals surface area (Å²) < 4.78 is 0. The molecule has 1 aromatic carbocycles. The van der Waals surface area contributed by atoms with Gasteiger partial charge in [0.2, 0.25) is 5.91 Å². The number of benzene rings is 1. The van der Waals surface area contributed by atoms with E-state index in [-0.39, 0.29) is 11.9 Å². The van der Waals surface area contributed by atoms with Gasteiger partial charge < -0.3 is 15.3 Å². The number of nitrogens with one attached hydrogen (secondary N) is 1. The number of rotatable bonds is 8. The van der Waals surface area contributed by atoms with Crippen LogP contribution in [0.1, 0.15) is 46.0 Å². The van der Waals surface area contributed by atoms with Gasteiger partial charge >= 0.3 is 0 Å². The number of amides is 1. The third-order valence-corrected chi connectivity index (χ3v) is 6.18. The summed E-state index contributed by atoms with van der Waals surface area (Å²) in [5.41, 5.74) is 0.984. The van der Waals surface area contributed by atoms with Crippen LogP contribution in [-0.4, -0.2) is 36.2 Å². The number of nitrogens with zero attached hydrogens (tertiary/aromatic N) is 1. The van der Waals surface area contributed by atoms with E-state index in [1.807, 2.05) is 42.2 Å². The third kappa shape index (κ3) is 4.55. The lowest BCUT2D eigenvalue weighted by Gasteiger charge is -2.31. The van der Waals surface area contributed by atoms with Gasteiger partial charge in [-0.15, -0.1) is 0 Å². The summed E-state index contributed by atoms with van der Waals surface area (Å²) in [5, 5.41) is 13.3. The van der Waals surface area contributed by atoms with Gasteiger partial charge in [0.25, 0.3) is 0 Å². The van der Waals surface area contributed by atoms with E-state index in [9.17, 15) is 9.90 Å². The quantitative estimate of drug-likeness (QED) is 0.761. The normalized spacial score (nSPS) is 27.1. The number of hydrogen-bond acceptors (Lipinski definition) is 3. The Bertz CT molecular complexity index is 562.